The van der Waals surface area contributed by atoms with Gasteiger partial charge in [0.1, 0.15) is 0 Å². The molecule has 0 rings (SSSR count). The average molecular weight is 230 g/mol. The number of aliphatic hydroxyl groups excluding tert-OH is 1. The van der Waals surface area contributed by atoms with Crippen molar-refractivity contribution < 1.29 is 9.90 Å². The molecule has 1 amide bonds. The van der Waals surface area contributed by atoms with Gasteiger partial charge < -0.3 is 15.3 Å². The van der Waals surface area contributed by atoms with Crippen molar-refractivity contribution in [3.05, 3.63) is 0 Å². The zero-order valence-electron chi connectivity index (χ0n) is 10.8. The molecule has 0 aromatic heterocycles. The lowest BCUT2D eigenvalue weighted by Crippen LogP contribution is -2.39. The topological polar surface area (TPSA) is 52.6 Å². The van der Waals surface area contributed by atoms with E-state index >= 15 is 0 Å². The number of hydrogen-bond donors (Lipinski definition) is 2. The first kappa shape index (κ1) is 15.4. The van der Waals surface area contributed by atoms with Crippen LogP contribution in [0.5, 0.6) is 0 Å². The van der Waals surface area contributed by atoms with Crippen LogP contribution in [0, 0.1) is 0 Å². The van der Waals surface area contributed by atoms with Crippen LogP contribution < -0.4 is 5.32 Å². The quantitative estimate of drug-likeness (QED) is 0.581. The van der Waals surface area contributed by atoms with Gasteiger partial charge in [-0.15, -0.1) is 0 Å². The molecule has 0 fully saturated rings. The molecule has 2 N–H and O–H groups in total. The van der Waals surface area contributed by atoms with Gasteiger partial charge in [-0.1, -0.05) is 6.92 Å². The second-order valence-corrected chi connectivity index (χ2v) is 4.29. The van der Waals surface area contributed by atoms with Gasteiger partial charge >= 0.3 is 0 Å². The van der Waals surface area contributed by atoms with Crippen LogP contribution in [-0.2, 0) is 4.79 Å². The van der Waals surface area contributed by atoms with Crippen molar-refractivity contribution >= 4 is 5.91 Å². The van der Waals surface area contributed by atoms with Crippen LogP contribution >= 0.6 is 0 Å². The summed E-state index contributed by atoms with van der Waals surface area (Å²) in [4.78, 5) is 13.4. The first-order chi connectivity index (χ1) is 7.61. The molecule has 0 radical (unpaired) electrons. The molecule has 16 heavy (non-hydrogen) atoms. The van der Waals surface area contributed by atoms with E-state index in [9.17, 15) is 4.79 Å². The number of nitrogens with zero attached hydrogens (tertiary/aromatic N) is 1. The predicted molar refractivity (Wildman–Crippen MR) is 66.3 cm³/mol. The summed E-state index contributed by atoms with van der Waals surface area (Å²) in [5, 5.41) is 11.8. The van der Waals surface area contributed by atoms with Crippen LogP contribution in [0.1, 0.15) is 39.5 Å². The van der Waals surface area contributed by atoms with E-state index in [1.165, 1.54) is 0 Å². The molecule has 0 bridgehead atoms. The van der Waals surface area contributed by atoms with Crippen LogP contribution in [0.25, 0.3) is 0 Å². The number of unbranched alkanes of at least 4 members (excludes halogenated alkanes) is 2. The SMILES string of the molecule is CCC(C)NCC(=O)N(C)CCCCCO. The molecule has 0 aromatic carbocycles. The normalized spacial score (nSPS) is 12.5. The lowest BCUT2D eigenvalue weighted by molar-refractivity contribution is -0.129. The number of hydrogen-bond acceptors (Lipinski definition) is 3. The highest BCUT2D eigenvalue weighted by Crippen LogP contribution is 1.97. The zero-order chi connectivity index (χ0) is 12.4. The molecule has 1 unspecified atom stereocenters. The number of amides is 1. The van der Waals surface area contributed by atoms with Crippen molar-refractivity contribution in [2.75, 3.05) is 26.7 Å². The van der Waals surface area contributed by atoms with Gasteiger partial charge in [0.2, 0.25) is 5.91 Å². The molecular formula is C12H26N2O2. The van der Waals surface area contributed by atoms with E-state index in [1.807, 2.05) is 7.05 Å². The van der Waals surface area contributed by atoms with Gasteiger partial charge in [0.05, 0.1) is 6.54 Å². The second-order valence-electron chi connectivity index (χ2n) is 4.29. The monoisotopic (exact) mass is 230 g/mol. The first-order valence-electron chi connectivity index (χ1n) is 6.20. The van der Waals surface area contributed by atoms with Gasteiger partial charge in [0.25, 0.3) is 0 Å². The number of aliphatic hydroxyl groups is 1. The lowest BCUT2D eigenvalue weighted by Gasteiger charge is -2.19. The van der Waals surface area contributed by atoms with Gasteiger partial charge in [0.15, 0.2) is 0 Å². The predicted octanol–water partition coefficient (Wildman–Crippen LogP) is 0.995. The maximum atomic E-state index is 11.6. The molecule has 96 valence electrons. The summed E-state index contributed by atoms with van der Waals surface area (Å²) < 4.78 is 0. The van der Waals surface area contributed by atoms with E-state index in [2.05, 4.69) is 19.2 Å². The number of nitrogens with one attached hydrogen (secondary N) is 1. The molecular weight excluding hydrogens is 204 g/mol. The van der Waals surface area contributed by atoms with Crippen LogP contribution in [-0.4, -0.2) is 48.7 Å². The van der Waals surface area contributed by atoms with Crippen molar-refractivity contribution in [3.8, 4) is 0 Å². The third kappa shape index (κ3) is 7.65. The second kappa shape index (κ2) is 9.60. The number of carbonyl (C=O) groups excluding carboxylic acids is 1. The minimum absolute atomic E-state index is 0.143. The fraction of sp³-hybridized carbons (Fsp3) is 0.917. The Balaban J connectivity index is 3.57. The van der Waals surface area contributed by atoms with E-state index in [0.29, 0.717) is 12.6 Å². The van der Waals surface area contributed by atoms with Crippen molar-refractivity contribution in [1.29, 1.82) is 0 Å². The van der Waals surface area contributed by atoms with E-state index in [0.717, 1.165) is 32.2 Å². The Bertz CT molecular complexity index is 186. The molecule has 0 aliphatic carbocycles. The summed E-state index contributed by atoms with van der Waals surface area (Å²) in [5.74, 6) is 0.143. The van der Waals surface area contributed by atoms with Crippen molar-refractivity contribution in [2.45, 2.75) is 45.6 Å². The average Bonchev–Trinajstić information content (AvgIpc) is 2.30. The van der Waals surface area contributed by atoms with Crippen LogP contribution in [0.15, 0.2) is 0 Å². The Kier molecular flexibility index (Phi) is 9.24. The molecule has 0 aliphatic heterocycles. The van der Waals surface area contributed by atoms with E-state index in [1.54, 1.807) is 4.90 Å². The summed E-state index contributed by atoms with van der Waals surface area (Å²) in [7, 11) is 1.83. The molecule has 0 saturated heterocycles. The van der Waals surface area contributed by atoms with Crippen LogP contribution in [0.4, 0.5) is 0 Å². The van der Waals surface area contributed by atoms with Crippen molar-refractivity contribution in [3.63, 3.8) is 0 Å². The van der Waals surface area contributed by atoms with Gasteiger partial charge in [-0.2, -0.15) is 0 Å². The van der Waals surface area contributed by atoms with Gasteiger partial charge in [0, 0.05) is 26.2 Å². The fourth-order valence-corrected chi connectivity index (χ4v) is 1.30. The first-order valence-corrected chi connectivity index (χ1v) is 6.20. The van der Waals surface area contributed by atoms with E-state index in [4.69, 9.17) is 5.11 Å². The summed E-state index contributed by atoms with van der Waals surface area (Å²) in [6, 6.07) is 0.395. The minimum Gasteiger partial charge on any atom is -0.396 e. The highest BCUT2D eigenvalue weighted by atomic mass is 16.2. The van der Waals surface area contributed by atoms with Crippen molar-refractivity contribution in [2.24, 2.45) is 0 Å². The Morgan fingerprint density at radius 2 is 2.06 bits per heavy atom. The molecule has 0 aliphatic rings. The van der Waals surface area contributed by atoms with Crippen molar-refractivity contribution in [1.82, 2.24) is 10.2 Å². The highest BCUT2D eigenvalue weighted by molar-refractivity contribution is 5.77. The molecule has 4 nitrogen and oxygen atoms in total. The Morgan fingerprint density at radius 3 is 2.62 bits per heavy atom. The van der Waals surface area contributed by atoms with E-state index < -0.39 is 0 Å². The summed E-state index contributed by atoms with van der Waals surface area (Å²) in [5.41, 5.74) is 0. The number of likely N-dealkylation sites (N-methyl/N-ethyl adjacent to an activating group) is 1. The summed E-state index contributed by atoms with van der Waals surface area (Å²) in [6.45, 7) is 5.62. The minimum atomic E-state index is 0.143. The summed E-state index contributed by atoms with van der Waals surface area (Å²) >= 11 is 0. The number of carbonyl (C=O) groups is 1. The largest absolute Gasteiger partial charge is 0.396 e. The maximum absolute atomic E-state index is 11.6. The molecule has 0 spiro atoms. The third-order valence-corrected chi connectivity index (χ3v) is 2.79. The smallest absolute Gasteiger partial charge is 0.236 e. The highest BCUT2D eigenvalue weighted by Gasteiger charge is 2.08. The fourth-order valence-electron chi connectivity index (χ4n) is 1.30. The van der Waals surface area contributed by atoms with Crippen LogP contribution in [0.3, 0.4) is 0 Å². The van der Waals surface area contributed by atoms with Gasteiger partial charge in [-0.25, -0.2) is 0 Å². The Labute approximate surface area is 99.0 Å². The van der Waals surface area contributed by atoms with Crippen LogP contribution in [0.2, 0.25) is 0 Å². The standard InChI is InChI=1S/C12H26N2O2/c1-4-11(2)13-10-12(16)14(3)8-6-5-7-9-15/h11,13,15H,4-10H2,1-3H3. The lowest BCUT2D eigenvalue weighted by atomic mass is 10.2. The zero-order valence-corrected chi connectivity index (χ0v) is 10.8. The molecule has 0 aromatic rings. The maximum Gasteiger partial charge on any atom is 0.236 e. The van der Waals surface area contributed by atoms with E-state index in [-0.39, 0.29) is 12.5 Å². The molecule has 1 atom stereocenters. The molecule has 4 heteroatoms. The molecule has 0 saturated carbocycles. The summed E-state index contributed by atoms with van der Waals surface area (Å²) in [6.07, 6.45) is 3.81. The van der Waals surface area contributed by atoms with Gasteiger partial charge in [-0.05, 0) is 32.6 Å². The third-order valence-electron chi connectivity index (χ3n) is 2.79. The Morgan fingerprint density at radius 1 is 1.38 bits per heavy atom. The van der Waals surface area contributed by atoms with Gasteiger partial charge in [-0.3, -0.25) is 4.79 Å². The number of rotatable bonds is 9. The molecule has 0 heterocycles. The Hall–Kier alpha value is -0.610.